The minimum atomic E-state index is -0.128. The molecule has 174 valence electrons. The average molecular weight is 427 g/mol. The van der Waals surface area contributed by atoms with E-state index in [0.717, 1.165) is 30.2 Å². The lowest BCUT2D eigenvalue weighted by Crippen LogP contribution is -2.24. The van der Waals surface area contributed by atoms with Crippen LogP contribution < -0.4 is 0 Å². The molecule has 0 unspecified atom stereocenters. The molecule has 2 aliphatic carbocycles. The van der Waals surface area contributed by atoms with E-state index < -0.39 is 0 Å². The summed E-state index contributed by atoms with van der Waals surface area (Å²) < 4.78 is 5.83. The average Bonchev–Trinajstić information content (AvgIpc) is 2.81. The third-order valence-electron chi connectivity index (χ3n) is 7.94. The number of carbonyl (C=O) groups excluding carboxylic acids is 1. The number of hydrogen-bond donors (Lipinski definition) is 0. The van der Waals surface area contributed by atoms with Gasteiger partial charge in [0.25, 0.3) is 0 Å². The highest BCUT2D eigenvalue weighted by Gasteiger charge is 2.25. The molecule has 0 spiro atoms. The lowest BCUT2D eigenvalue weighted by Gasteiger charge is -2.29. The van der Waals surface area contributed by atoms with Gasteiger partial charge in [0.15, 0.2) is 0 Å². The fourth-order valence-corrected chi connectivity index (χ4v) is 5.88. The first kappa shape index (κ1) is 24.3. The van der Waals surface area contributed by atoms with Crippen LogP contribution in [0.2, 0.25) is 0 Å². The smallest absolute Gasteiger partial charge is 0.338 e. The lowest BCUT2D eigenvalue weighted by atomic mass is 9.77. The highest BCUT2D eigenvalue weighted by molar-refractivity contribution is 5.89. The van der Waals surface area contributed by atoms with E-state index >= 15 is 0 Å². The van der Waals surface area contributed by atoms with Crippen molar-refractivity contribution in [2.45, 2.75) is 129 Å². The van der Waals surface area contributed by atoms with Gasteiger partial charge in [-0.05, 0) is 86.8 Å². The monoisotopic (exact) mass is 426 g/mol. The highest BCUT2D eigenvalue weighted by Crippen LogP contribution is 2.38. The summed E-state index contributed by atoms with van der Waals surface area (Å²) in [5.74, 6) is 2.34. The van der Waals surface area contributed by atoms with Crippen LogP contribution in [-0.2, 0) is 4.74 Å². The Morgan fingerprint density at radius 3 is 2.00 bits per heavy atom. The Hall–Kier alpha value is -1.31. The molecule has 2 heteroatoms. The summed E-state index contributed by atoms with van der Waals surface area (Å²) in [4.78, 5) is 12.6. The van der Waals surface area contributed by atoms with Crippen LogP contribution in [0.1, 0.15) is 138 Å². The normalized spacial score (nSPS) is 26.5. The summed E-state index contributed by atoms with van der Waals surface area (Å²) in [6.45, 7) is 4.55. The van der Waals surface area contributed by atoms with Gasteiger partial charge in [0, 0.05) is 0 Å². The van der Waals surface area contributed by atoms with Crippen molar-refractivity contribution in [3.63, 3.8) is 0 Å². The third-order valence-corrected chi connectivity index (χ3v) is 7.94. The molecule has 31 heavy (non-hydrogen) atoms. The van der Waals surface area contributed by atoms with Gasteiger partial charge < -0.3 is 4.74 Å². The first-order chi connectivity index (χ1) is 15.2. The van der Waals surface area contributed by atoms with Crippen molar-refractivity contribution in [1.82, 2.24) is 0 Å². The van der Waals surface area contributed by atoms with Crippen molar-refractivity contribution in [2.75, 3.05) is 0 Å². The number of carbonyl (C=O) groups is 1. The minimum Gasteiger partial charge on any atom is -0.459 e. The SMILES string of the molecule is CCCCCCCC1CCC(c2ccc(C(=O)OC3CCC(CCC)CC3)cc2)CC1. The van der Waals surface area contributed by atoms with Gasteiger partial charge in [-0.2, -0.15) is 0 Å². The molecule has 0 N–H and O–H groups in total. The van der Waals surface area contributed by atoms with Gasteiger partial charge in [0.1, 0.15) is 6.10 Å². The molecular formula is C29H46O2. The summed E-state index contributed by atoms with van der Waals surface area (Å²) in [6, 6.07) is 8.37. The van der Waals surface area contributed by atoms with E-state index in [1.54, 1.807) is 0 Å². The second kappa shape index (κ2) is 13.3. The Kier molecular flexibility index (Phi) is 10.4. The number of benzene rings is 1. The van der Waals surface area contributed by atoms with Crippen molar-refractivity contribution in [3.05, 3.63) is 35.4 Å². The fourth-order valence-electron chi connectivity index (χ4n) is 5.88. The van der Waals surface area contributed by atoms with E-state index in [4.69, 9.17) is 4.74 Å². The highest BCUT2D eigenvalue weighted by atomic mass is 16.5. The molecule has 0 heterocycles. The number of ether oxygens (including phenoxy) is 1. The van der Waals surface area contributed by atoms with Crippen molar-refractivity contribution in [2.24, 2.45) is 11.8 Å². The van der Waals surface area contributed by atoms with Gasteiger partial charge in [-0.1, -0.05) is 77.3 Å². The zero-order valence-electron chi connectivity index (χ0n) is 20.2. The standard InChI is InChI=1S/C29H46O2/c1-3-5-6-7-8-10-24-11-15-25(16-12-24)26-17-19-27(20-18-26)29(30)31-28-21-13-23(9-4-2)14-22-28/h17-20,23-25,28H,3-16,21-22H2,1-2H3. The summed E-state index contributed by atoms with van der Waals surface area (Å²) in [5, 5.41) is 0. The van der Waals surface area contributed by atoms with E-state index in [0.29, 0.717) is 5.92 Å². The van der Waals surface area contributed by atoms with Crippen molar-refractivity contribution >= 4 is 5.97 Å². The first-order valence-electron chi connectivity index (χ1n) is 13.5. The molecule has 0 atom stereocenters. The number of esters is 1. The maximum Gasteiger partial charge on any atom is 0.338 e. The largest absolute Gasteiger partial charge is 0.459 e. The molecule has 0 bridgehead atoms. The van der Waals surface area contributed by atoms with Crippen LogP contribution in [-0.4, -0.2) is 12.1 Å². The summed E-state index contributed by atoms with van der Waals surface area (Å²) in [5.41, 5.74) is 2.14. The van der Waals surface area contributed by atoms with Gasteiger partial charge in [-0.3, -0.25) is 0 Å². The molecule has 0 amide bonds. The third kappa shape index (κ3) is 7.95. The van der Waals surface area contributed by atoms with Gasteiger partial charge in [-0.15, -0.1) is 0 Å². The molecule has 3 rings (SSSR count). The molecule has 2 aliphatic rings. The minimum absolute atomic E-state index is 0.123. The number of rotatable bonds is 11. The Balaban J connectivity index is 1.38. The van der Waals surface area contributed by atoms with E-state index in [9.17, 15) is 4.79 Å². The van der Waals surface area contributed by atoms with Crippen LogP contribution in [0.3, 0.4) is 0 Å². The first-order valence-corrected chi connectivity index (χ1v) is 13.5. The predicted octanol–water partition coefficient (Wildman–Crippen LogP) is 8.84. The topological polar surface area (TPSA) is 26.3 Å². The zero-order chi connectivity index (χ0) is 21.9. The summed E-state index contributed by atoms with van der Waals surface area (Å²) in [7, 11) is 0. The summed E-state index contributed by atoms with van der Waals surface area (Å²) in [6.07, 6.45) is 21.0. The lowest BCUT2D eigenvalue weighted by molar-refractivity contribution is 0.0161. The molecule has 2 nitrogen and oxygen atoms in total. The molecule has 0 saturated heterocycles. The molecule has 0 radical (unpaired) electrons. The Labute approximate surface area is 191 Å². The second-order valence-corrected chi connectivity index (χ2v) is 10.4. The molecule has 2 saturated carbocycles. The Bertz CT molecular complexity index is 619. The van der Waals surface area contributed by atoms with Gasteiger partial charge >= 0.3 is 5.97 Å². The van der Waals surface area contributed by atoms with Crippen LogP contribution in [0.15, 0.2) is 24.3 Å². The quantitative estimate of drug-likeness (QED) is 0.261. The molecule has 2 fully saturated rings. The van der Waals surface area contributed by atoms with Crippen LogP contribution in [0.25, 0.3) is 0 Å². The fraction of sp³-hybridized carbons (Fsp3) is 0.759. The molecular weight excluding hydrogens is 380 g/mol. The van der Waals surface area contributed by atoms with Crippen molar-refractivity contribution in [3.8, 4) is 0 Å². The van der Waals surface area contributed by atoms with Crippen LogP contribution in [0.4, 0.5) is 0 Å². The molecule has 1 aromatic rings. The second-order valence-electron chi connectivity index (χ2n) is 10.4. The van der Waals surface area contributed by atoms with Crippen LogP contribution >= 0.6 is 0 Å². The zero-order valence-corrected chi connectivity index (χ0v) is 20.2. The number of hydrogen-bond acceptors (Lipinski definition) is 2. The number of unbranched alkanes of at least 4 members (excludes halogenated alkanes) is 4. The van der Waals surface area contributed by atoms with E-state index in [1.807, 2.05) is 12.1 Å². The molecule has 0 aromatic heterocycles. The maximum absolute atomic E-state index is 12.6. The summed E-state index contributed by atoms with van der Waals surface area (Å²) >= 11 is 0. The van der Waals surface area contributed by atoms with Gasteiger partial charge in [-0.25, -0.2) is 4.79 Å². The Morgan fingerprint density at radius 2 is 1.35 bits per heavy atom. The maximum atomic E-state index is 12.6. The van der Waals surface area contributed by atoms with Crippen LogP contribution in [0, 0.1) is 11.8 Å². The van der Waals surface area contributed by atoms with E-state index in [1.165, 1.54) is 95.5 Å². The van der Waals surface area contributed by atoms with Crippen molar-refractivity contribution in [1.29, 1.82) is 0 Å². The predicted molar refractivity (Wildman–Crippen MR) is 131 cm³/mol. The van der Waals surface area contributed by atoms with Crippen molar-refractivity contribution < 1.29 is 9.53 Å². The molecule has 0 aliphatic heterocycles. The van der Waals surface area contributed by atoms with Gasteiger partial charge in [0.2, 0.25) is 0 Å². The van der Waals surface area contributed by atoms with Crippen LogP contribution in [0.5, 0.6) is 0 Å². The van der Waals surface area contributed by atoms with Gasteiger partial charge in [0.05, 0.1) is 5.56 Å². The van der Waals surface area contributed by atoms with E-state index in [-0.39, 0.29) is 12.1 Å². The molecule has 1 aromatic carbocycles. The van der Waals surface area contributed by atoms with E-state index in [2.05, 4.69) is 26.0 Å². The Morgan fingerprint density at radius 1 is 0.742 bits per heavy atom.